The van der Waals surface area contributed by atoms with Crippen LogP contribution in [0.25, 0.3) is 0 Å². The third-order valence-electron chi connectivity index (χ3n) is 3.50. The molecule has 2 rings (SSSR count). The monoisotopic (exact) mass is 320 g/mol. The maximum Gasteiger partial charge on any atom is 0.287 e. The average Bonchev–Trinajstić information content (AvgIpc) is 2.68. The highest BCUT2D eigenvalue weighted by atomic mass is 35.5. The molecule has 0 spiro atoms. The molecule has 0 saturated heterocycles. The molecule has 2 N–H and O–H groups in total. The van der Waals surface area contributed by atoms with E-state index in [4.69, 9.17) is 16.0 Å². The summed E-state index contributed by atoms with van der Waals surface area (Å²) in [4.78, 5) is 11.7. The number of nitrogens with one attached hydrogen (secondary N) is 2. The molecule has 0 atom stereocenters. The lowest BCUT2D eigenvalue weighted by molar-refractivity contribution is 0.0926. The van der Waals surface area contributed by atoms with Gasteiger partial charge >= 0.3 is 0 Å². The molecule has 1 heterocycles. The van der Waals surface area contributed by atoms with E-state index in [2.05, 4.69) is 10.6 Å². The normalized spacial score (nSPS) is 16.2. The predicted molar refractivity (Wildman–Crippen MR) is 82.8 cm³/mol. The summed E-state index contributed by atoms with van der Waals surface area (Å²) >= 11 is 5.62. The van der Waals surface area contributed by atoms with Gasteiger partial charge in [-0.25, -0.2) is 0 Å². The van der Waals surface area contributed by atoms with Crippen LogP contribution in [0.4, 0.5) is 0 Å². The van der Waals surface area contributed by atoms with E-state index in [0.29, 0.717) is 12.6 Å². The van der Waals surface area contributed by atoms with Crippen LogP contribution < -0.4 is 10.6 Å². The van der Waals surface area contributed by atoms with Gasteiger partial charge in [0, 0.05) is 19.1 Å². The second-order valence-corrected chi connectivity index (χ2v) is 5.37. The van der Waals surface area contributed by atoms with Crippen molar-refractivity contribution in [3.05, 3.63) is 23.1 Å². The Morgan fingerprint density at radius 3 is 2.50 bits per heavy atom. The Kier molecular flexibility index (Phi) is 8.04. The van der Waals surface area contributed by atoms with Gasteiger partial charge in [-0.1, -0.05) is 25.7 Å². The SMILES string of the molecule is Cl.O=C(NCCNC1CCCCCC1)c1ccc(Cl)o1. The third kappa shape index (κ3) is 5.73. The van der Waals surface area contributed by atoms with E-state index >= 15 is 0 Å². The molecule has 1 saturated carbocycles. The van der Waals surface area contributed by atoms with Crippen molar-refractivity contribution in [1.82, 2.24) is 10.6 Å². The van der Waals surface area contributed by atoms with Gasteiger partial charge in [0.25, 0.3) is 5.91 Å². The van der Waals surface area contributed by atoms with Gasteiger partial charge in [0.05, 0.1) is 0 Å². The number of carbonyl (C=O) groups is 1. The molecular formula is C14H22Cl2N2O2. The molecule has 0 radical (unpaired) electrons. The van der Waals surface area contributed by atoms with Crippen LogP contribution in [0.2, 0.25) is 5.22 Å². The van der Waals surface area contributed by atoms with Crippen molar-refractivity contribution < 1.29 is 9.21 Å². The Morgan fingerprint density at radius 1 is 1.20 bits per heavy atom. The Bertz CT molecular complexity index is 402. The molecule has 1 aromatic heterocycles. The summed E-state index contributed by atoms with van der Waals surface area (Å²) in [6.45, 7) is 1.40. The van der Waals surface area contributed by atoms with E-state index in [-0.39, 0.29) is 29.3 Å². The van der Waals surface area contributed by atoms with Gasteiger partial charge in [-0.2, -0.15) is 0 Å². The van der Waals surface area contributed by atoms with Crippen molar-refractivity contribution in [3.63, 3.8) is 0 Å². The Balaban J connectivity index is 0.00000200. The van der Waals surface area contributed by atoms with E-state index in [1.54, 1.807) is 12.1 Å². The standard InChI is InChI=1S/C14H21ClN2O2.ClH/c15-13-8-7-12(19-13)14(18)17-10-9-16-11-5-3-1-2-4-6-11;/h7-8,11,16H,1-6,9-10H2,(H,17,18);1H. The van der Waals surface area contributed by atoms with Gasteiger partial charge in [0.1, 0.15) is 0 Å². The molecule has 4 nitrogen and oxygen atoms in total. The summed E-state index contributed by atoms with van der Waals surface area (Å²) in [6, 6.07) is 3.76. The smallest absolute Gasteiger partial charge is 0.287 e. The van der Waals surface area contributed by atoms with Gasteiger partial charge in [0.2, 0.25) is 0 Å². The number of hydrogen-bond donors (Lipinski definition) is 2. The fraction of sp³-hybridized carbons (Fsp3) is 0.643. The highest BCUT2D eigenvalue weighted by Gasteiger charge is 2.12. The largest absolute Gasteiger partial charge is 0.440 e. The predicted octanol–water partition coefficient (Wildman–Crippen LogP) is 3.40. The Morgan fingerprint density at radius 2 is 1.90 bits per heavy atom. The minimum Gasteiger partial charge on any atom is -0.440 e. The summed E-state index contributed by atoms with van der Waals surface area (Å²) < 4.78 is 5.04. The molecule has 1 aliphatic rings. The molecule has 20 heavy (non-hydrogen) atoms. The van der Waals surface area contributed by atoms with Gasteiger partial charge in [0.15, 0.2) is 11.0 Å². The number of furan rings is 1. The van der Waals surface area contributed by atoms with E-state index in [0.717, 1.165) is 6.54 Å². The minimum absolute atomic E-state index is 0. The lowest BCUT2D eigenvalue weighted by Crippen LogP contribution is -2.36. The van der Waals surface area contributed by atoms with Crippen LogP contribution in [0.3, 0.4) is 0 Å². The van der Waals surface area contributed by atoms with Crippen LogP contribution in [-0.4, -0.2) is 25.0 Å². The first-order valence-corrected chi connectivity index (χ1v) is 7.40. The summed E-state index contributed by atoms with van der Waals surface area (Å²) in [5.41, 5.74) is 0. The second kappa shape index (κ2) is 9.27. The number of carbonyl (C=O) groups excluding carboxylic acids is 1. The molecule has 1 amide bonds. The maximum absolute atomic E-state index is 11.7. The van der Waals surface area contributed by atoms with E-state index in [1.807, 2.05) is 0 Å². The van der Waals surface area contributed by atoms with Crippen molar-refractivity contribution in [3.8, 4) is 0 Å². The number of amides is 1. The van der Waals surface area contributed by atoms with Crippen LogP contribution in [0.5, 0.6) is 0 Å². The van der Waals surface area contributed by atoms with Crippen molar-refractivity contribution in [2.24, 2.45) is 0 Å². The molecule has 1 fully saturated rings. The zero-order valence-electron chi connectivity index (χ0n) is 11.5. The highest BCUT2D eigenvalue weighted by molar-refractivity contribution is 6.29. The summed E-state index contributed by atoms with van der Waals surface area (Å²) in [7, 11) is 0. The minimum atomic E-state index is -0.213. The van der Waals surface area contributed by atoms with Gasteiger partial charge in [-0.05, 0) is 36.6 Å². The Labute approximate surface area is 131 Å². The fourth-order valence-electron chi connectivity index (χ4n) is 2.46. The first kappa shape index (κ1) is 17.3. The van der Waals surface area contributed by atoms with Crippen molar-refractivity contribution >= 4 is 29.9 Å². The fourth-order valence-corrected chi connectivity index (χ4v) is 2.61. The quantitative estimate of drug-likeness (QED) is 0.645. The zero-order valence-corrected chi connectivity index (χ0v) is 13.1. The van der Waals surface area contributed by atoms with Crippen molar-refractivity contribution in [2.45, 2.75) is 44.6 Å². The van der Waals surface area contributed by atoms with Crippen LogP contribution >= 0.6 is 24.0 Å². The summed E-state index contributed by atoms with van der Waals surface area (Å²) in [5, 5.41) is 6.55. The molecule has 0 aliphatic heterocycles. The average molecular weight is 321 g/mol. The van der Waals surface area contributed by atoms with Crippen molar-refractivity contribution in [2.75, 3.05) is 13.1 Å². The van der Waals surface area contributed by atoms with E-state index < -0.39 is 0 Å². The van der Waals surface area contributed by atoms with E-state index in [9.17, 15) is 4.79 Å². The van der Waals surface area contributed by atoms with Crippen LogP contribution in [-0.2, 0) is 0 Å². The lowest BCUT2D eigenvalue weighted by atomic mass is 10.1. The number of rotatable bonds is 5. The van der Waals surface area contributed by atoms with Crippen LogP contribution in [0.1, 0.15) is 49.1 Å². The molecule has 0 unspecified atom stereocenters. The second-order valence-electron chi connectivity index (χ2n) is 5.00. The summed E-state index contributed by atoms with van der Waals surface area (Å²) in [6.07, 6.45) is 7.84. The first-order chi connectivity index (χ1) is 9.25. The molecule has 1 aliphatic carbocycles. The summed E-state index contributed by atoms with van der Waals surface area (Å²) in [5.74, 6) is 0.0500. The van der Waals surface area contributed by atoms with Crippen LogP contribution in [0.15, 0.2) is 16.5 Å². The first-order valence-electron chi connectivity index (χ1n) is 7.02. The zero-order chi connectivity index (χ0) is 13.5. The lowest BCUT2D eigenvalue weighted by Gasteiger charge is -2.16. The molecule has 0 bridgehead atoms. The molecule has 6 heteroatoms. The molecular weight excluding hydrogens is 299 g/mol. The van der Waals surface area contributed by atoms with Gasteiger partial charge < -0.3 is 15.1 Å². The molecule has 1 aromatic rings. The Hall–Kier alpha value is -0.710. The molecule has 0 aromatic carbocycles. The van der Waals surface area contributed by atoms with Crippen molar-refractivity contribution in [1.29, 1.82) is 0 Å². The van der Waals surface area contributed by atoms with Gasteiger partial charge in [-0.3, -0.25) is 4.79 Å². The third-order valence-corrected chi connectivity index (χ3v) is 3.70. The topological polar surface area (TPSA) is 54.3 Å². The number of halogens is 2. The number of hydrogen-bond acceptors (Lipinski definition) is 3. The maximum atomic E-state index is 11.7. The van der Waals surface area contributed by atoms with Gasteiger partial charge in [-0.15, -0.1) is 12.4 Å². The molecule has 114 valence electrons. The van der Waals surface area contributed by atoms with E-state index in [1.165, 1.54) is 38.5 Å². The van der Waals surface area contributed by atoms with Crippen LogP contribution in [0, 0.1) is 0 Å². The highest BCUT2D eigenvalue weighted by Crippen LogP contribution is 2.16.